The fourth-order valence-corrected chi connectivity index (χ4v) is 1.53. The highest BCUT2D eigenvalue weighted by molar-refractivity contribution is 5.20. The molecule has 1 unspecified atom stereocenters. The third kappa shape index (κ3) is 2.56. The van der Waals surface area contributed by atoms with E-state index in [0.29, 0.717) is 12.5 Å². The molecule has 14 heavy (non-hydrogen) atoms. The van der Waals surface area contributed by atoms with Gasteiger partial charge in [-0.1, -0.05) is 51.1 Å². The van der Waals surface area contributed by atoms with E-state index < -0.39 is 0 Å². The van der Waals surface area contributed by atoms with Crippen LogP contribution in [0.3, 0.4) is 0 Å². The van der Waals surface area contributed by atoms with Crippen molar-refractivity contribution in [3.8, 4) is 0 Å². The maximum absolute atomic E-state index is 5.13. The molecule has 0 aliphatic carbocycles. The van der Waals surface area contributed by atoms with Crippen molar-refractivity contribution in [3.05, 3.63) is 35.9 Å². The summed E-state index contributed by atoms with van der Waals surface area (Å²) in [7, 11) is 0. The molecule has 78 valence electrons. The summed E-state index contributed by atoms with van der Waals surface area (Å²) >= 11 is 0. The molecule has 0 bridgehead atoms. The van der Waals surface area contributed by atoms with Gasteiger partial charge in [-0.25, -0.2) is 5.90 Å². The lowest BCUT2D eigenvalue weighted by molar-refractivity contribution is 0.0504. The van der Waals surface area contributed by atoms with Crippen LogP contribution in [0.5, 0.6) is 0 Å². The third-order valence-electron chi connectivity index (χ3n) is 2.93. The number of nitrogens with two attached hydrogens (primary N) is 1. The first-order chi connectivity index (χ1) is 6.58. The third-order valence-corrected chi connectivity index (χ3v) is 2.93. The van der Waals surface area contributed by atoms with Crippen LogP contribution < -0.4 is 5.90 Å². The number of benzene rings is 1. The molecule has 0 radical (unpaired) electrons. The lowest BCUT2D eigenvalue weighted by atomic mass is 9.77. The summed E-state index contributed by atoms with van der Waals surface area (Å²) in [5.74, 6) is 5.57. The zero-order valence-electron chi connectivity index (χ0n) is 9.16. The lowest BCUT2D eigenvalue weighted by Gasteiger charge is -2.30. The number of hydrogen-bond donors (Lipinski definition) is 1. The van der Waals surface area contributed by atoms with Crippen LogP contribution in [-0.2, 0) is 4.84 Å². The highest BCUT2D eigenvalue weighted by Gasteiger charge is 2.27. The molecule has 0 spiro atoms. The molecule has 0 aromatic heterocycles. The minimum atomic E-state index is 0.0656. The van der Waals surface area contributed by atoms with E-state index in [1.165, 1.54) is 5.56 Å². The van der Waals surface area contributed by atoms with E-state index in [1.807, 2.05) is 6.07 Å². The highest BCUT2D eigenvalue weighted by Crippen LogP contribution is 2.34. The summed E-state index contributed by atoms with van der Waals surface area (Å²) in [5.41, 5.74) is 1.39. The van der Waals surface area contributed by atoms with Crippen LogP contribution in [0, 0.1) is 5.41 Å². The largest absolute Gasteiger partial charge is 0.304 e. The van der Waals surface area contributed by atoms with Crippen LogP contribution in [0.25, 0.3) is 0 Å². The fourth-order valence-electron chi connectivity index (χ4n) is 1.53. The topological polar surface area (TPSA) is 35.2 Å². The van der Waals surface area contributed by atoms with E-state index in [0.717, 1.165) is 0 Å². The van der Waals surface area contributed by atoms with Crippen molar-refractivity contribution in [1.29, 1.82) is 0 Å². The van der Waals surface area contributed by atoms with Crippen LogP contribution in [0.1, 0.15) is 32.3 Å². The molecule has 0 saturated heterocycles. The minimum Gasteiger partial charge on any atom is -0.304 e. The first-order valence-electron chi connectivity index (χ1n) is 4.94. The summed E-state index contributed by atoms with van der Waals surface area (Å²) < 4.78 is 0. The van der Waals surface area contributed by atoms with Gasteiger partial charge >= 0.3 is 0 Å². The Morgan fingerprint density at radius 1 is 1.29 bits per heavy atom. The molecule has 0 aliphatic rings. The molecule has 1 aromatic rings. The fraction of sp³-hybridized carbons (Fsp3) is 0.500. The first-order valence-corrected chi connectivity index (χ1v) is 4.94. The van der Waals surface area contributed by atoms with Crippen molar-refractivity contribution in [2.75, 3.05) is 6.61 Å². The highest BCUT2D eigenvalue weighted by atomic mass is 16.6. The molecule has 1 rings (SSSR count). The van der Waals surface area contributed by atoms with Gasteiger partial charge in [-0.2, -0.15) is 0 Å². The van der Waals surface area contributed by atoms with Crippen molar-refractivity contribution < 1.29 is 4.84 Å². The van der Waals surface area contributed by atoms with Gasteiger partial charge < -0.3 is 4.84 Å². The predicted octanol–water partition coefficient (Wildman–Crippen LogP) is 2.71. The van der Waals surface area contributed by atoms with Crippen LogP contribution in [0.15, 0.2) is 30.3 Å². The Morgan fingerprint density at radius 2 is 1.86 bits per heavy atom. The molecule has 2 nitrogen and oxygen atoms in total. The van der Waals surface area contributed by atoms with Gasteiger partial charge in [-0.05, 0) is 16.9 Å². The van der Waals surface area contributed by atoms with E-state index in [9.17, 15) is 0 Å². The summed E-state index contributed by atoms with van der Waals surface area (Å²) in [6, 6.07) is 10.4. The van der Waals surface area contributed by atoms with Gasteiger partial charge in [-0.3, -0.25) is 0 Å². The molecule has 0 amide bonds. The summed E-state index contributed by atoms with van der Waals surface area (Å²) in [4.78, 5) is 4.75. The van der Waals surface area contributed by atoms with E-state index in [-0.39, 0.29) is 5.41 Å². The van der Waals surface area contributed by atoms with Gasteiger partial charge in [0.15, 0.2) is 0 Å². The number of rotatable bonds is 4. The second-order valence-electron chi connectivity index (χ2n) is 4.43. The maximum atomic E-state index is 5.13. The van der Waals surface area contributed by atoms with Gasteiger partial charge in [0.2, 0.25) is 0 Å². The minimum absolute atomic E-state index is 0.0656. The zero-order chi connectivity index (χ0) is 10.6. The van der Waals surface area contributed by atoms with Gasteiger partial charge in [0.05, 0.1) is 6.61 Å². The van der Waals surface area contributed by atoms with Gasteiger partial charge in [0, 0.05) is 0 Å². The molecule has 1 atom stereocenters. The quantitative estimate of drug-likeness (QED) is 0.746. The molecule has 2 N–H and O–H groups in total. The second-order valence-corrected chi connectivity index (χ2v) is 4.43. The molecule has 0 saturated carbocycles. The van der Waals surface area contributed by atoms with Crippen LogP contribution >= 0.6 is 0 Å². The number of hydrogen-bond acceptors (Lipinski definition) is 2. The van der Waals surface area contributed by atoms with E-state index in [4.69, 9.17) is 10.7 Å². The second kappa shape index (κ2) is 4.58. The van der Waals surface area contributed by atoms with Crippen molar-refractivity contribution in [2.45, 2.75) is 26.7 Å². The average molecular weight is 193 g/mol. The SMILES string of the molecule is CC(c1ccccc1)C(C)(C)CON. The molecule has 0 fully saturated rings. The average Bonchev–Trinajstić information content (AvgIpc) is 2.18. The van der Waals surface area contributed by atoms with Gasteiger partial charge in [-0.15, -0.1) is 0 Å². The Bertz CT molecular complexity index is 269. The first kappa shape index (κ1) is 11.2. The Hall–Kier alpha value is -0.860. The van der Waals surface area contributed by atoms with Crippen molar-refractivity contribution >= 4 is 0 Å². The summed E-state index contributed by atoms with van der Waals surface area (Å²) in [6.07, 6.45) is 0. The van der Waals surface area contributed by atoms with Crippen molar-refractivity contribution in [2.24, 2.45) is 11.3 Å². The maximum Gasteiger partial charge on any atom is 0.0735 e. The molecular weight excluding hydrogens is 174 g/mol. The molecule has 1 aromatic carbocycles. The predicted molar refractivity (Wildman–Crippen MR) is 58.8 cm³/mol. The van der Waals surface area contributed by atoms with Gasteiger partial charge in [0.1, 0.15) is 0 Å². The summed E-state index contributed by atoms with van der Waals surface area (Å²) in [5, 5.41) is 0. The van der Waals surface area contributed by atoms with Crippen molar-refractivity contribution in [1.82, 2.24) is 0 Å². The van der Waals surface area contributed by atoms with Crippen molar-refractivity contribution in [3.63, 3.8) is 0 Å². The molecule has 0 aliphatic heterocycles. The van der Waals surface area contributed by atoms with Crippen LogP contribution in [0.4, 0.5) is 0 Å². The molecular formula is C12H19NO. The normalized spacial score (nSPS) is 14.0. The lowest BCUT2D eigenvalue weighted by Crippen LogP contribution is -2.27. The van der Waals surface area contributed by atoms with E-state index in [1.54, 1.807) is 0 Å². The Balaban J connectivity index is 2.79. The monoisotopic (exact) mass is 193 g/mol. The Kier molecular flexibility index (Phi) is 3.67. The Morgan fingerprint density at radius 3 is 2.36 bits per heavy atom. The zero-order valence-corrected chi connectivity index (χ0v) is 9.16. The Labute approximate surface area is 86.0 Å². The smallest absolute Gasteiger partial charge is 0.0735 e. The van der Waals surface area contributed by atoms with Gasteiger partial charge in [0.25, 0.3) is 0 Å². The standard InChI is InChI=1S/C12H19NO/c1-10(12(2,3)9-14-13)11-7-5-4-6-8-11/h4-8,10H,9,13H2,1-3H3. The van der Waals surface area contributed by atoms with E-state index >= 15 is 0 Å². The van der Waals surface area contributed by atoms with E-state index in [2.05, 4.69) is 45.0 Å². The molecule has 2 heteroatoms. The van der Waals surface area contributed by atoms with Crippen LogP contribution in [-0.4, -0.2) is 6.61 Å². The summed E-state index contributed by atoms with van der Waals surface area (Å²) in [6.45, 7) is 7.10. The molecule has 0 heterocycles. The van der Waals surface area contributed by atoms with Crippen LogP contribution in [0.2, 0.25) is 0 Å².